The number of hydrogen-bond donors (Lipinski definition) is 2. The Bertz CT molecular complexity index is 752. The first-order valence-corrected chi connectivity index (χ1v) is 11.3. The van der Waals surface area contributed by atoms with Gasteiger partial charge in [-0.1, -0.05) is 39.7 Å². The second kappa shape index (κ2) is 11.1. The van der Waals surface area contributed by atoms with Gasteiger partial charge in [-0.2, -0.15) is 0 Å². The van der Waals surface area contributed by atoms with Crippen LogP contribution in [0, 0.1) is 0 Å². The summed E-state index contributed by atoms with van der Waals surface area (Å²) in [6.45, 7) is 8.34. The van der Waals surface area contributed by atoms with Gasteiger partial charge in [0.15, 0.2) is 0 Å². The third-order valence-electron chi connectivity index (χ3n) is 5.55. The summed E-state index contributed by atoms with van der Waals surface area (Å²) in [5.74, 6) is 1.85. The van der Waals surface area contributed by atoms with E-state index < -0.39 is 0 Å². The minimum absolute atomic E-state index is 0.303. The Hall–Kier alpha value is -2.14. The largest absolute Gasteiger partial charge is 0.376 e. The highest BCUT2D eigenvalue weighted by atomic mass is 16.5. The average molecular weight is 397 g/mol. The summed E-state index contributed by atoms with van der Waals surface area (Å²) in [6.07, 6.45) is 10.2. The van der Waals surface area contributed by atoms with E-state index in [-0.39, 0.29) is 0 Å². The number of nitrogens with one attached hydrogen (secondary N) is 2. The van der Waals surface area contributed by atoms with Crippen molar-refractivity contribution in [3.63, 3.8) is 0 Å². The van der Waals surface area contributed by atoms with E-state index in [1.165, 1.54) is 31.2 Å². The fourth-order valence-corrected chi connectivity index (χ4v) is 3.98. The van der Waals surface area contributed by atoms with E-state index in [1.54, 1.807) is 0 Å². The molecule has 0 aliphatic carbocycles. The van der Waals surface area contributed by atoms with Gasteiger partial charge < -0.3 is 15.4 Å². The standard InChI is InChI=1S/C24H36N4O/c1-4-9-19(10-5-2)27-24-15-21(18(6-3)16-25-24)22-12-7-13-23(28-22)26-17-20-11-8-14-29-20/h7,12-13,15-16,19-20H,4-6,8-11,14,17H2,1-3H3,(H,25,27)(H,26,28). The summed E-state index contributed by atoms with van der Waals surface area (Å²) in [5.41, 5.74) is 3.38. The molecule has 1 atom stereocenters. The number of ether oxygens (including phenoxy) is 1. The van der Waals surface area contributed by atoms with Gasteiger partial charge in [0.1, 0.15) is 11.6 Å². The number of aromatic nitrogens is 2. The molecule has 0 bridgehead atoms. The van der Waals surface area contributed by atoms with Crippen molar-refractivity contribution in [1.82, 2.24) is 9.97 Å². The van der Waals surface area contributed by atoms with E-state index in [9.17, 15) is 0 Å². The molecule has 0 saturated carbocycles. The van der Waals surface area contributed by atoms with Crippen LogP contribution < -0.4 is 10.6 Å². The van der Waals surface area contributed by atoms with Gasteiger partial charge >= 0.3 is 0 Å². The van der Waals surface area contributed by atoms with E-state index in [1.807, 2.05) is 12.3 Å². The van der Waals surface area contributed by atoms with E-state index in [2.05, 4.69) is 54.6 Å². The van der Waals surface area contributed by atoms with Gasteiger partial charge in [-0.3, -0.25) is 0 Å². The molecule has 0 amide bonds. The number of rotatable bonds is 11. The Labute approximate surface area is 175 Å². The first-order valence-electron chi connectivity index (χ1n) is 11.3. The van der Waals surface area contributed by atoms with Gasteiger partial charge in [-0.25, -0.2) is 9.97 Å². The highest BCUT2D eigenvalue weighted by Crippen LogP contribution is 2.27. The molecule has 2 N–H and O–H groups in total. The molecule has 0 spiro atoms. The van der Waals surface area contributed by atoms with Crippen LogP contribution in [0.25, 0.3) is 11.3 Å². The third kappa shape index (κ3) is 6.17. The minimum Gasteiger partial charge on any atom is -0.376 e. The average Bonchev–Trinajstić information content (AvgIpc) is 3.26. The molecular weight excluding hydrogens is 360 g/mol. The van der Waals surface area contributed by atoms with Gasteiger partial charge in [0, 0.05) is 31.0 Å². The first kappa shape index (κ1) is 21.6. The molecule has 3 rings (SSSR count). The van der Waals surface area contributed by atoms with Crippen molar-refractivity contribution in [2.45, 2.75) is 77.9 Å². The third-order valence-corrected chi connectivity index (χ3v) is 5.55. The van der Waals surface area contributed by atoms with Crippen molar-refractivity contribution in [2.75, 3.05) is 23.8 Å². The first-order chi connectivity index (χ1) is 14.2. The smallest absolute Gasteiger partial charge is 0.126 e. The van der Waals surface area contributed by atoms with Crippen LogP contribution in [0.1, 0.15) is 64.9 Å². The molecule has 1 unspecified atom stereocenters. The summed E-state index contributed by atoms with van der Waals surface area (Å²) < 4.78 is 5.71. The molecule has 5 heteroatoms. The molecule has 1 aliphatic heterocycles. The van der Waals surface area contributed by atoms with Crippen LogP contribution in [0.3, 0.4) is 0 Å². The lowest BCUT2D eigenvalue weighted by Gasteiger charge is -2.19. The maximum atomic E-state index is 5.71. The molecule has 1 fully saturated rings. The van der Waals surface area contributed by atoms with Crippen molar-refractivity contribution < 1.29 is 4.74 Å². The summed E-state index contributed by atoms with van der Waals surface area (Å²) in [4.78, 5) is 9.56. The van der Waals surface area contributed by atoms with Crippen molar-refractivity contribution in [2.24, 2.45) is 0 Å². The zero-order chi connectivity index (χ0) is 20.5. The maximum absolute atomic E-state index is 5.71. The molecular formula is C24H36N4O. The molecule has 2 aromatic rings. The molecule has 0 aromatic carbocycles. The predicted molar refractivity (Wildman–Crippen MR) is 122 cm³/mol. The van der Waals surface area contributed by atoms with Gasteiger partial charge in [0.05, 0.1) is 11.8 Å². The topological polar surface area (TPSA) is 59.1 Å². The number of anilines is 2. The van der Waals surface area contributed by atoms with E-state index >= 15 is 0 Å². The van der Waals surface area contributed by atoms with Crippen LogP contribution >= 0.6 is 0 Å². The Morgan fingerprint density at radius 2 is 1.97 bits per heavy atom. The monoisotopic (exact) mass is 396 g/mol. The SMILES string of the molecule is CCCC(CCC)Nc1cc(-c2cccc(NCC3CCCO3)n2)c(CC)cn1. The van der Waals surface area contributed by atoms with Crippen molar-refractivity contribution in [3.8, 4) is 11.3 Å². The second-order valence-electron chi connectivity index (χ2n) is 7.92. The molecule has 1 aliphatic rings. The van der Waals surface area contributed by atoms with E-state index in [0.29, 0.717) is 12.1 Å². The van der Waals surface area contributed by atoms with Crippen LogP contribution in [-0.2, 0) is 11.2 Å². The quantitative estimate of drug-likeness (QED) is 0.512. The van der Waals surface area contributed by atoms with Crippen molar-refractivity contribution in [3.05, 3.63) is 36.0 Å². The Morgan fingerprint density at radius 3 is 2.66 bits per heavy atom. The van der Waals surface area contributed by atoms with Crippen LogP contribution in [0.2, 0.25) is 0 Å². The fraction of sp³-hybridized carbons (Fsp3) is 0.583. The van der Waals surface area contributed by atoms with Gasteiger partial charge in [-0.15, -0.1) is 0 Å². The molecule has 1 saturated heterocycles. The maximum Gasteiger partial charge on any atom is 0.126 e. The lowest BCUT2D eigenvalue weighted by molar-refractivity contribution is 0.120. The number of nitrogens with zero attached hydrogens (tertiary/aromatic N) is 2. The zero-order valence-corrected chi connectivity index (χ0v) is 18.2. The summed E-state index contributed by atoms with van der Waals surface area (Å²) in [5, 5.41) is 7.10. The molecule has 2 aromatic heterocycles. The zero-order valence-electron chi connectivity index (χ0n) is 18.2. The Balaban J connectivity index is 1.78. The molecule has 3 heterocycles. The molecule has 0 radical (unpaired) electrons. The lowest BCUT2D eigenvalue weighted by atomic mass is 10.0. The van der Waals surface area contributed by atoms with Gasteiger partial charge in [0.25, 0.3) is 0 Å². The second-order valence-corrected chi connectivity index (χ2v) is 7.92. The Morgan fingerprint density at radius 1 is 1.14 bits per heavy atom. The van der Waals surface area contributed by atoms with E-state index in [0.717, 1.165) is 55.3 Å². The summed E-state index contributed by atoms with van der Waals surface area (Å²) in [6, 6.07) is 8.84. The van der Waals surface area contributed by atoms with Crippen LogP contribution in [0.5, 0.6) is 0 Å². The van der Waals surface area contributed by atoms with Crippen molar-refractivity contribution in [1.29, 1.82) is 0 Å². The fourth-order valence-electron chi connectivity index (χ4n) is 3.98. The van der Waals surface area contributed by atoms with Crippen LogP contribution in [-0.4, -0.2) is 35.3 Å². The minimum atomic E-state index is 0.303. The summed E-state index contributed by atoms with van der Waals surface area (Å²) in [7, 11) is 0. The van der Waals surface area contributed by atoms with Crippen LogP contribution in [0.15, 0.2) is 30.5 Å². The normalized spacial score (nSPS) is 16.3. The Kier molecular flexibility index (Phi) is 8.29. The highest BCUT2D eigenvalue weighted by Gasteiger charge is 2.16. The van der Waals surface area contributed by atoms with Gasteiger partial charge in [0.2, 0.25) is 0 Å². The van der Waals surface area contributed by atoms with Crippen molar-refractivity contribution >= 4 is 11.6 Å². The number of pyridine rings is 2. The van der Waals surface area contributed by atoms with Crippen LogP contribution in [0.4, 0.5) is 11.6 Å². The number of hydrogen-bond acceptors (Lipinski definition) is 5. The lowest BCUT2D eigenvalue weighted by Crippen LogP contribution is -2.20. The number of aryl methyl sites for hydroxylation is 1. The molecule has 158 valence electrons. The summed E-state index contributed by atoms with van der Waals surface area (Å²) >= 11 is 0. The van der Waals surface area contributed by atoms with E-state index in [4.69, 9.17) is 9.72 Å². The highest BCUT2D eigenvalue weighted by molar-refractivity contribution is 5.68. The molecule has 29 heavy (non-hydrogen) atoms. The predicted octanol–water partition coefficient (Wildman–Crippen LogP) is 5.68. The van der Waals surface area contributed by atoms with Gasteiger partial charge in [-0.05, 0) is 55.9 Å². The molecule has 5 nitrogen and oxygen atoms in total.